The molecule has 0 heterocycles. The molecular weight excluding hydrogens is 364 g/mol. The van der Waals surface area contributed by atoms with Crippen LogP contribution in [0.3, 0.4) is 0 Å². The molecule has 0 aliphatic rings. The second-order valence-corrected chi connectivity index (χ2v) is 7.70. The highest BCUT2D eigenvalue weighted by molar-refractivity contribution is 7.92. The van der Waals surface area contributed by atoms with Crippen LogP contribution in [0.1, 0.15) is 6.92 Å². The van der Waals surface area contributed by atoms with Crippen LogP contribution < -0.4 is 14.4 Å². The van der Waals surface area contributed by atoms with Crippen molar-refractivity contribution in [3.8, 4) is 5.75 Å². The number of amides is 1. The Bertz CT molecular complexity index is 853. The molecular formula is C17H19ClN2O4S. The molecule has 2 rings (SSSR count). The first-order valence-electron chi connectivity index (χ1n) is 7.43. The minimum absolute atomic E-state index is 0.356. The molecule has 0 aliphatic heterocycles. The lowest BCUT2D eigenvalue weighted by Gasteiger charge is -2.28. The van der Waals surface area contributed by atoms with E-state index in [0.717, 1.165) is 10.6 Å². The van der Waals surface area contributed by atoms with Crippen molar-refractivity contribution in [1.29, 1.82) is 0 Å². The number of halogens is 1. The van der Waals surface area contributed by atoms with Crippen molar-refractivity contribution < 1.29 is 17.9 Å². The minimum Gasteiger partial charge on any atom is -0.495 e. The van der Waals surface area contributed by atoms with Gasteiger partial charge in [0.05, 0.1) is 24.7 Å². The molecule has 2 aromatic rings. The first-order valence-corrected chi connectivity index (χ1v) is 9.65. The molecule has 0 bridgehead atoms. The maximum atomic E-state index is 12.6. The molecule has 8 heteroatoms. The van der Waals surface area contributed by atoms with Gasteiger partial charge in [-0.2, -0.15) is 0 Å². The van der Waals surface area contributed by atoms with E-state index < -0.39 is 22.0 Å². The van der Waals surface area contributed by atoms with Gasteiger partial charge in [-0.15, -0.1) is 0 Å². The number of carbonyl (C=O) groups excluding carboxylic acids is 1. The Morgan fingerprint density at radius 2 is 1.76 bits per heavy atom. The average molecular weight is 383 g/mol. The Morgan fingerprint density at radius 1 is 1.16 bits per heavy atom. The summed E-state index contributed by atoms with van der Waals surface area (Å²) in [5, 5.41) is 3.17. The van der Waals surface area contributed by atoms with Crippen molar-refractivity contribution in [3.63, 3.8) is 0 Å². The van der Waals surface area contributed by atoms with Gasteiger partial charge in [0, 0.05) is 5.02 Å². The van der Waals surface area contributed by atoms with E-state index in [-0.39, 0.29) is 0 Å². The van der Waals surface area contributed by atoms with Crippen LogP contribution in [-0.2, 0) is 14.8 Å². The number of nitrogens with zero attached hydrogens (tertiary/aromatic N) is 1. The van der Waals surface area contributed by atoms with Crippen molar-refractivity contribution in [2.75, 3.05) is 23.0 Å². The summed E-state index contributed by atoms with van der Waals surface area (Å²) in [4.78, 5) is 12.6. The predicted octanol–water partition coefficient (Wildman–Crippen LogP) is 3.14. The highest BCUT2D eigenvalue weighted by Gasteiger charge is 2.29. The first-order chi connectivity index (χ1) is 11.7. The molecule has 2 aromatic carbocycles. The normalized spacial score (nSPS) is 12.3. The van der Waals surface area contributed by atoms with Gasteiger partial charge in [-0.05, 0) is 43.3 Å². The molecule has 0 unspecified atom stereocenters. The van der Waals surface area contributed by atoms with Crippen molar-refractivity contribution in [1.82, 2.24) is 0 Å². The number of methoxy groups -OCH3 is 1. The summed E-state index contributed by atoms with van der Waals surface area (Å²) >= 11 is 5.85. The first kappa shape index (κ1) is 19.1. The summed E-state index contributed by atoms with van der Waals surface area (Å²) in [6, 6.07) is 12.2. The summed E-state index contributed by atoms with van der Waals surface area (Å²) in [6.45, 7) is 1.51. The van der Waals surface area contributed by atoms with E-state index in [4.69, 9.17) is 16.3 Å². The number of para-hydroxylation sites is 2. The molecule has 1 N–H and O–H groups in total. The van der Waals surface area contributed by atoms with Gasteiger partial charge in [0.2, 0.25) is 15.9 Å². The second-order valence-electron chi connectivity index (χ2n) is 5.40. The zero-order valence-electron chi connectivity index (χ0n) is 14.1. The van der Waals surface area contributed by atoms with Crippen LogP contribution in [0.25, 0.3) is 0 Å². The highest BCUT2D eigenvalue weighted by Crippen LogP contribution is 2.26. The molecule has 25 heavy (non-hydrogen) atoms. The monoisotopic (exact) mass is 382 g/mol. The van der Waals surface area contributed by atoms with E-state index in [1.807, 2.05) is 0 Å². The highest BCUT2D eigenvalue weighted by atomic mass is 35.5. The second kappa shape index (κ2) is 7.76. The lowest BCUT2D eigenvalue weighted by Crippen LogP contribution is -2.45. The molecule has 1 atom stereocenters. The number of ether oxygens (including phenoxy) is 1. The van der Waals surface area contributed by atoms with Crippen LogP contribution in [0.15, 0.2) is 48.5 Å². The molecule has 6 nitrogen and oxygen atoms in total. The molecule has 0 fully saturated rings. The van der Waals surface area contributed by atoms with E-state index >= 15 is 0 Å². The van der Waals surface area contributed by atoms with E-state index in [1.54, 1.807) is 48.5 Å². The van der Waals surface area contributed by atoms with Gasteiger partial charge < -0.3 is 10.1 Å². The number of benzene rings is 2. The number of nitrogens with one attached hydrogen (secondary N) is 1. The Balaban J connectivity index is 2.31. The van der Waals surface area contributed by atoms with E-state index in [1.165, 1.54) is 14.0 Å². The summed E-state index contributed by atoms with van der Waals surface area (Å²) in [6.07, 6.45) is 1.05. The van der Waals surface area contributed by atoms with Crippen LogP contribution in [0.2, 0.25) is 5.02 Å². The zero-order chi connectivity index (χ0) is 18.6. The van der Waals surface area contributed by atoms with Crippen LogP contribution >= 0.6 is 11.6 Å². The van der Waals surface area contributed by atoms with E-state index in [0.29, 0.717) is 22.1 Å². The van der Waals surface area contributed by atoms with Crippen LogP contribution in [0, 0.1) is 0 Å². The summed E-state index contributed by atoms with van der Waals surface area (Å²) in [5.74, 6) is 0.00493. The Hall–Kier alpha value is -2.25. The standard InChI is InChI=1S/C17H19ClN2O4S/c1-12(17(21)19-15-6-4-5-7-16(15)24-2)20(25(3,22)23)14-10-8-13(18)9-11-14/h4-12H,1-3H3,(H,19,21)/t12-/m0/s1. The fourth-order valence-corrected chi connectivity index (χ4v) is 3.68. The molecule has 0 radical (unpaired) electrons. The van der Waals surface area contributed by atoms with Gasteiger partial charge >= 0.3 is 0 Å². The molecule has 0 saturated carbocycles. The van der Waals surface area contributed by atoms with Crippen molar-refractivity contribution >= 4 is 38.9 Å². The zero-order valence-corrected chi connectivity index (χ0v) is 15.6. The molecule has 0 saturated heterocycles. The Kier molecular flexibility index (Phi) is 5.92. The number of sulfonamides is 1. The Labute approximate surface area is 152 Å². The Morgan fingerprint density at radius 3 is 2.32 bits per heavy atom. The van der Waals surface area contributed by atoms with Gasteiger partial charge in [-0.3, -0.25) is 9.10 Å². The van der Waals surface area contributed by atoms with Crippen LogP contribution in [-0.4, -0.2) is 33.7 Å². The summed E-state index contributed by atoms with van der Waals surface area (Å²) in [5.41, 5.74) is 0.820. The summed E-state index contributed by atoms with van der Waals surface area (Å²) in [7, 11) is -2.19. The minimum atomic E-state index is -3.68. The third-order valence-corrected chi connectivity index (χ3v) is 5.03. The topological polar surface area (TPSA) is 75.7 Å². The number of anilines is 2. The maximum absolute atomic E-state index is 12.6. The van der Waals surface area contributed by atoms with E-state index in [9.17, 15) is 13.2 Å². The number of carbonyl (C=O) groups is 1. The van der Waals surface area contributed by atoms with E-state index in [2.05, 4.69) is 5.32 Å². The van der Waals surface area contributed by atoms with Gasteiger partial charge in [-0.25, -0.2) is 8.42 Å². The smallest absolute Gasteiger partial charge is 0.248 e. The fourth-order valence-electron chi connectivity index (χ4n) is 2.38. The molecule has 1 amide bonds. The SMILES string of the molecule is COc1ccccc1NC(=O)[C@H](C)N(c1ccc(Cl)cc1)S(C)(=O)=O. The third kappa shape index (κ3) is 4.64. The lowest BCUT2D eigenvalue weighted by atomic mass is 10.2. The molecule has 0 aromatic heterocycles. The predicted molar refractivity (Wildman–Crippen MR) is 99.9 cm³/mol. The largest absolute Gasteiger partial charge is 0.495 e. The fraction of sp³-hybridized carbons (Fsp3) is 0.235. The number of hydrogen-bond donors (Lipinski definition) is 1. The molecule has 134 valence electrons. The van der Waals surface area contributed by atoms with Gasteiger partial charge in [0.15, 0.2) is 0 Å². The van der Waals surface area contributed by atoms with Crippen molar-refractivity contribution in [3.05, 3.63) is 53.6 Å². The maximum Gasteiger partial charge on any atom is 0.248 e. The average Bonchev–Trinajstić information content (AvgIpc) is 2.56. The van der Waals surface area contributed by atoms with Crippen molar-refractivity contribution in [2.24, 2.45) is 0 Å². The van der Waals surface area contributed by atoms with Gasteiger partial charge in [0.25, 0.3) is 0 Å². The summed E-state index contributed by atoms with van der Waals surface area (Å²) < 4.78 is 30.7. The third-order valence-electron chi connectivity index (χ3n) is 3.53. The van der Waals surface area contributed by atoms with Crippen LogP contribution in [0.4, 0.5) is 11.4 Å². The molecule has 0 aliphatic carbocycles. The van der Waals surface area contributed by atoms with Gasteiger partial charge in [0.1, 0.15) is 11.8 Å². The van der Waals surface area contributed by atoms with Crippen LogP contribution in [0.5, 0.6) is 5.75 Å². The quantitative estimate of drug-likeness (QED) is 0.832. The molecule has 0 spiro atoms. The number of rotatable bonds is 6. The lowest BCUT2D eigenvalue weighted by molar-refractivity contribution is -0.116. The number of hydrogen-bond acceptors (Lipinski definition) is 4. The van der Waals surface area contributed by atoms with Gasteiger partial charge in [-0.1, -0.05) is 23.7 Å². The van der Waals surface area contributed by atoms with Crippen molar-refractivity contribution in [2.45, 2.75) is 13.0 Å².